The van der Waals surface area contributed by atoms with Crippen LogP contribution in [0.15, 0.2) is 30.3 Å². The van der Waals surface area contributed by atoms with Crippen molar-refractivity contribution < 1.29 is 32.6 Å². The minimum Gasteiger partial charge on any atom is -0.480 e. The normalized spacial score (nSPS) is 21.8. The third kappa shape index (κ3) is 4.37. The fourth-order valence-corrected chi connectivity index (χ4v) is 2.50. The molecule has 1 aliphatic heterocycles. The van der Waals surface area contributed by atoms with Crippen LogP contribution in [-0.4, -0.2) is 40.8 Å². The molecule has 0 aromatic heterocycles. The Balaban J connectivity index is 2.05. The van der Waals surface area contributed by atoms with Crippen LogP contribution in [0.4, 0.5) is 18.0 Å². The van der Waals surface area contributed by atoms with Crippen LogP contribution in [0.1, 0.15) is 18.4 Å². The lowest BCUT2D eigenvalue weighted by Crippen LogP contribution is -2.53. The Hall–Kier alpha value is -2.25. The van der Waals surface area contributed by atoms with Crippen LogP contribution in [0.2, 0.25) is 0 Å². The molecule has 1 aliphatic rings. The molecule has 2 rings (SSSR count). The van der Waals surface area contributed by atoms with Gasteiger partial charge in [0.25, 0.3) is 0 Å². The number of alkyl halides is 3. The van der Waals surface area contributed by atoms with Gasteiger partial charge in [-0.3, -0.25) is 4.90 Å². The van der Waals surface area contributed by atoms with Gasteiger partial charge in [-0.2, -0.15) is 13.2 Å². The van der Waals surface area contributed by atoms with E-state index in [-0.39, 0.29) is 19.4 Å². The summed E-state index contributed by atoms with van der Waals surface area (Å²) < 4.78 is 43.5. The Labute approximate surface area is 130 Å². The molecule has 5 nitrogen and oxygen atoms in total. The van der Waals surface area contributed by atoms with Gasteiger partial charge in [0.1, 0.15) is 12.6 Å². The van der Waals surface area contributed by atoms with Crippen LogP contribution in [0.5, 0.6) is 0 Å². The molecule has 1 aromatic rings. The lowest BCUT2D eigenvalue weighted by molar-refractivity contribution is -0.191. The fourth-order valence-electron chi connectivity index (χ4n) is 2.50. The summed E-state index contributed by atoms with van der Waals surface area (Å²) in [6.07, 6.45) is -6.08. The molecule has 2 atom stereocenters. The zero-order valence-corrected chi connectivity index (χ0v) is 12.1. The van der Waals surface area contributed by atoms with Crippen molar-refractivity contribution in [2.24, 2.45) is 5.92 Å². The van der Waals surface area contributed by atoms with E-state index >= 15 is 0 Å². The monoisotopic (exact) mass is 331 g/mol. The molecular formula is C15H16F3NO4. The standard InChI is InChI=1S/C15H16F3NO4/c16-15(17,18)11-6-7-12(13(20)21)19(8-11)14(22)23-9-10-4-2-1-3-5-10/h1-5,11-12H,6-9H2,(H,20,21)/t11-,12-/m0/s1. The van der Waals surface area contributed by atoms with E-state index in [1.165, 1.54) is 0 Å². The Bertz CT molecular complexity index is 562. The van der Waals surface area contributed by atoms with Crippen molar-refractivity contribution in [2.75, 3.05) is 6.54 Å². The number of aliphatic carboxylic acids is 1. The van der Waals surface area contributed by atoms with Gasteiger partial charge in [0.15, 0.2) is 0 Å². The van der Waals surface area contributed by atoms with Crippen LogP contribution in [-0.2, 0) is 16.1 Å². The minimum absolute atomic E-state index is 0.126. The summed E-state index contributed by atoms with van der Waals surface area (Å²) in [6.45, 7) is -0.826. The van der Waals surface area contributed by atoms with E-state index in [0.717, 1.165) is 0 Å². The zero-order chi connectivity index (χ0) is 17.0. The molecule has 1 N–H and O–H groups in total. The molecular weight excluding hydrogens is 315 g/mol. The number of carboxylic acids is 1. The van der Waals surface area contributed by atoms with E-state index in [0.29, 0.717) is 10.5 Å². The lowest BCUT2D eigenvalue weighted by atomic mass is 9.92. The van der Waals surface area contributed by atoms with Gasteiger partial charge in [0.2, 0.25) is 0 Å². The zero-order valence-electron chi connectivity index (χ0n) is 12.1. The molecule has 126 valence electrons. The molecule has 1 saturated heterocycles. The third-order valence-electron chi connectivity index (χ3n) is 3.77. The number of amides is 1. The summed E-state index contributed by atoms with van der Waals surface area (Å²) >= 11 is 0. The molecule has 0 unspecified atom stereocenters. The highest BCUT2D eigenvalue weighted by molar-refractivity contribution is 5.80. The molecule has 0 bridgehead atoms. The Morgan fingerprint density at radius 3 is 2.43 bits per heavy atom. The Morgan fingerprint density at radius 2 is 1.87 bits per heavy atom. The van der Waals surface area contributed by atoms with Crippen molar-refractivity contribution in [3.8, 4) is 0 Å². The van der Waals surface area contributed by atoms with E-state index < -0.39 is 36.7 Å². The molecule has 23 heavy (non-hydrogen) atoms. The minimum atomic E-state index is -4.47. The molecule has 0 aliphatic carbocycles. The van der Waals surface area contributed by atoms with Gasteiger partial charge in [0, 0.05) is 6.54 Å². The van der Waals surface area contributed by atoms with Crippen molar-refractivity contribution in [2.45, 2.75) is 31.7 Å². The van der Waals surface area contributed by atoms with Crippen molar-refractivity contribution in [3.63, 3.8) is 0 Å². The first-order valence-corrected chi connectivity index (χ1v) is 7.06. The highest BCUT2D eigenvalue weighted by atomic mass is 19.4. The number of rotatable bonds is 3. The molecule has 8 heteroatoms. The molecule has 1 heterocycles. The quantitative estimate of drug-likeness (QED) is 0.924. The predicted molar refractivity (Wildman–Crippen MR) is 73.5 cm³/mol. The average Bonchev–Trinajstić information content (AvgIpc) is 2.52. The van der Waals surface area contributed by atoms with E-state index in [1.54, 1.807) is 30.3 Å². The van der Waals surface area contributed by atoms with Crippen LogP contribution in [0, 0.1) is 5.92 Å². The number of piperidine rings is 1. The second-order valence-corrected chi connectivity index (χ2v) is 5.36. The van der Waals surface area contributed by atoms with Crippen molar-refractivity contribution in [1.29, 1.82) is 0 Å². The number of halogens is 3. The Kier molecular flexibility index (Phi) is 5.12. The summed E-state index contributed by atoms with van der Waals surface area (Å²) in [6, 6.07) is 7.31. The molecule has 1 fully saturated rings. The van der Waals surface area contributed by atoms with Crippen molar-refractivity contribution >= 4 is 12.1 Å². The average molecular weight is 331 g/mol. The SMILES string of the molecule is O=C(O)[C@@H]1CC[C@H](C(F)(F)F)CN1C(=O)OCc1ccccc1. The topological polar surface area (TPSA) is 66.8 Å². The predicted octanol–water partition coefficient (Wildman–Crippen LogP) is 3.05. The summed E-state index contributed by atoms with van der Waals surface area (Å²) in [5, 5.41) is 9.10. The number of benzene rings is 1. The van der Waals surface area contributed by atoms with Gasteiger partial charge >= 0.3 is 18.2 Å². The first kappa shape index (κ1) is 17.1. The van der Waals surface area contributed by atoms with Gasteiger partial charge in [-0.1, -0.05) is 30.3 Å². The second-order valence-electron chi connectivity index (χ2n) is 5.36. The number of hydrogen-bond donors (Lipinski definition) is 1. The summed E-state index contributed by atoms with van der Waals surface area (Å²) in [4.78, 5) is 23.9. The van der Waals surface area contributed by atoms with Gasteiger partial charge in [-0.05, 0) is 18.4 Å². The molecule has 0 spiro atoms. The van der Waals surface area contributed by atoms with Gasteiger partial charge in [0.05, 0.1) is 5.92 Å². The van der Waals surface area contributed by atoms with Crippen LogP contribution < -0.4 is 0 Å². The van der Waals surface area contributed by atoms with Crippen LogP contribution >= 0.6 is 0 Å². The number of carboxylic acid groups (broad SMARTS) is 1. The number of ether oxygens (including phenoxy) is 1. The van der Waals surface area contributed by atoms with Crippen molar-refractivity contribution in [1.82, 2.24) is 4.90 Å². The van der Waals surface area contributed by atoms with Crippen molar-refractivity contribution in [3.05, 3.63) is 35.9 Å². The van der Waals surface area contributed by atoms with E-state index in [2.05, 4.69) is 0 Å². The highest BCUT2D eigenvalue weighted by Gasteiger charge is 2.47. The largest absolute Gasteiger partial charge is 0.480 e. The Morgan fingerprint density at radius 1 is 1.22 bits per heavy atom. The molecule has 1 aromatic carbocycles. The second kappa shape index (κ2) is 6.89. The van der Waals surface area contributed by atoms with Gasteiger partial charge in [-0.25, -0.2) is 9.59 Å². The molecule has 0 radical (unpaired) electrons. The fraction of sp³-hybridized carbons (Fsp3) is 0.467. The van der Waals surface area contributed by atoms with Crippen LogP contribution in [0.25, 0.3) is 0 Å². The number of carbonyl (C=O) groups excluding carboxylic acids is 1. The van der Waals surface area contributed by atoms with E-state index in [4.69, 9.17) is 9.84 Å². The van der Waals surface area contributed by atoms with Gasteiger partial charge < -0.3 is 9.84 Å². The maximum Gasteiger partial charge on any atom is 0.410 e. The summed E-state index contributed by atoms with van der Waals surface area (Å²) in [7, 11) is 0. The molecule has 1 amide bonds. The van der Waals surface area contributed by atoms with Crippen LogP contribution in [0.3, 0.4) is 0 Å². The number of nitrogens with zero attached hydrogens (tertiary/aromatic N) is 1. The molecule has 0 saturated carbocycles. The highest BCUT2D eigenvalue weighted by Crippen LogP contribution is 2.35. The first-order chi connectivity index (χ1) is 10.8. The number of likely N-dealkylation sites (tertiary alicyclic amines) is 1. The maximum absolute atomic E-state index is 12.8. The lowest BCUT2D eigenvalue weighted by Gasteiger charge is -2.37. The first-order valence-electron chi connectivity index (χ1n) is 7.06. The maximum atomic E-state index is 12.8. The van der Waals surface area contributed by atoms with E-state index in [1.807, 2.05) is 0 Å². The van der Waals surface area contributed by atoms with Gasteiger partial charge in [-0.15, -0.1) is 0 Å². The van der Waals surface area contributed by atoms with E-state index in [9.17, 15) is 22.8 Å². The smallest absolute Gasteiger partial charge is 0.410 e. The number of carbonyl (C=O) groups is 2. The summed E-state index contributed by atoms with van der Waals surface area (Å²) in [5.74, 6) is -3.07. The summed E-state index contributed by atoms with van der Waals surface area (Å²) in [5.41, 5.74) is 0.664. The third-order valence-corrected chi connectivity index (χ3v) is 3.77. The number of hydrogen-bond acceptors (Lipinski definition) is 3.